The molecule has 0 spiro atoms. The van der Waals surface area contributed by atoms with Gasteiger partial charge in [-0.25, -0.2) is 4.98 Å². The second-order valence-electron chi connectivity index (χ2n) is 2.87. The maximum absolute atomic E-state index is 5.52. The Hall–Kier alpha value is -1.29. The highest BCUT2D eigenvalue weighted by atomic mass is 16.5. The van der Waals surface area contributed by atoms with Gasteiger partial charge in [-0.3, -0.25) is 0 Å². The topological polar surface area (TPSA) is 60.2 Å². The zero-order chi connectivity index (χ0) is 9.68. The molecule has 0 radical (unpaired) electrons. The minimum Gasteiger partial charge on any atom is -0.384 e. The molecule has 1 atom stereocenters. The van der Waals surface area contributed by atoms with Crippen LogP contribution in [0.5, 0.6) is 0 Å². The molecule has 0 bridgehead atoms. The van der Waals surface area contributed by atoms with E-state index >= 15 is 0 Å². The third-order valence-electron chi connectivity index (χ3n) is 1.74. The number of pyridine rings is 1. The summed E-state index contributed by atoms with van der Waals surface area (Å²) in [5.41, 5.74) is 5.52. The maximum Gasteiger partial charge on any atom is 0.128 e. The third-order valence-corrected chi connectivity index (χ3v) is 1.74. The van der Waals surface area contributed by atoms with Gasteiger partial charge in [0.05, 0.1) is 6.10 Å². The van der Waals surface area contributed by atoms with Crippen LogP contribution in [-0.4, -0.2) is 24.7 Å². The number of nitrogen functional groups attached to an aromatic ring is 1. The smallest absolute Gasteiger partial charge is 0.128 e. The van der Waals surface area contributed by atoms with E-state index < -0.39 is 0 Å². The number of anilines is 2. The number of nitrogens with two attached hydrogens (primary N) is 1. The van der Waals surface area contributed by atoms with Gasteiger partial charge in [0.2, 0.25) is 0 Å². The minimum atomic E-state index is 0.170. The number of aromatic nitrogens is 1. The molecule has 0 aliphatic heterocycles. The molecule has 0 saturated carbocycles. The quantitative estimate of drug-likeness (QED) is 0.730. The van der Waals surface area contributed by atoms with Gasteiger partial charge in [0.1, 0.15) is 11.6 Å². The molecule has 1 unspecified atom stereocenters. The normalized spacial score (nSPS) is 12.5. The van der Waals surface area contributed by atoms with Gasteiger partial charge in [-0.1, -0.05) is 6.07 Å². The summed E-state index contributed by atoms with van der Waals surface area (Å²) in [6.07, 6.45) is 0.170. The molecule has 0 saturated heterocycles. The van der Waals surface area contributed by atoms with Crippen molar-refractivity contribution in [2.45, 2.75) is 13.0 Å². The Labute approximate surface area is 78.1 Å². The lowest BCUT2D eigenvalue weighted by Crippen LogP contribution is -2.18. The van der Waals surface area contributed by atoms with E-state index in [-0.39, 0.29) is 6.10 Å². The molecular weight excluding hydrogens is 166 g/mol. The van der Waals surface area contributed by atoms with Crippen LogP contribution in [0.1, 0.15) is 6.92 Å². The van der Waals surface area contributed by atoms with E-state index in [1.807, 2.05) is 19.1 Å². The molecule has 72 valence electrons. The monoisotopic (exact) mass is 181 g/mol. The Morgan fingerprint density at radius 3 is 3.00 bits per heavy atom. The van der Waals surface area contributed by atoms with E-state index in [1.165, 1.54) is 0 Å². The molecule has 1 heterocycles. The van der Waals surface area contributed by atoms with Crippen LogP contribution in [0.3, 0.4) is 0 Å². The fourth-order valence-corrected chi connectivity index (χ4v) is 0.882. The van der Waals surface area contributed by atoms with Gasteiger partial charge in [-0.2, -0.15) is 0 Å². The van der Waals surface area contributed by atoms with Gasteiger partial charge in [0.15, 0.2) is 0 Å². The number of hydrogen-bond donors (Lipinski definition) is 2. The standard InChI is InChI=1S/C9H15N3O/c1-7(13-2)6-11-9-5-3-4-8(10)12-9/h3-5,7H,6H2,1-2H3,(H3,10,11,12). The summed E-state index contributed by atoms with van der Waals surface area (Å²) in [5, 5.41) is 3.12. The van der Waals surface area contributed by atoms with Crippen LogP contribution >= 0.6 is 0 Å². The largest absolute Gasteiger partial charge is 0.384 e. The third kappa shape index (κ3) is 3.29. The molecule has 0 fully saturated rings. The van der Waals surface area contributed by atoms with Crippen LogP contribution in [0, 0.1) is 0 Å². The second kappa shape index (κ2) is 4.67. The highest BCUT2D eigenvalue weighted by molar-refractivity contribution is 5.42. The van der Waals surface area contributed by atoms with Gasteiger partial charge in [0.25, 0.3) is 0 Å². The summed E-state index contributed by atoms with van der Waals surface area (Å²) in [6, 6.07) is 5.49. The van der Waals surface area contributed by atoms with Crippen molar-refractivity contribution >= 4 is 11.6 Å². The summed E-state index contributed by atoms with van der Waals surface area (Å²) in [5.74, 6) is 1.30. The first kappa shape index (κ1) is 9.80. The number of methoxy groups -OCH3 is 1. The van der Waals surface area contributed by atoms with E-state index in [4.69, 9.17) is 10.5 Å². The van der Waals surface area contributed by atoms with E-state index in [0.29, 0.717) is 5.82 Å². The lowest BCUT2D eigenvalue weighted by molar-refractivity contribution is 0.128. The average Bonchev–Trinajstić information content (AvgIpc) is 2.14. The Bertz CT molecular complexity index is 265. The summed E-state index contributed by atoms with van der Waals surface area (Å²) < 4.78 is 5.08. The molecule has 4 heteroatoms. The molecule has 0 aliphatic rings. The predicted molar refractivity (Wildman–Crippen MR) is 53.6 cm³/mol. The summed E-state index contributed by atoms with van der Waals surface area (Å²) in [4.78, 5) is 4.09. The highest BCUT2D eigenvalue weighted by Crippen LogP contribution is 2.05. The fraction of sp³-hybridized carbons (Fsp3) is 0.444. The molecule has 0 aromatic carbocycles. The van der Waals surface area contributed by atoms with Crippen molar-refractivity contribution < 1.29 is 4.74 Å². The zero-order valence-corrected chi connectivity index (χ0v) is 7.95. The fourth-order valence-electron chi connectivity index (χ4n) is 0.882. The first-order chi connectivity index (χ1) is 6.22. The van der Waals surface area contributed by atoms with Crippen molar-refractivity contribution in [1.82, 2.24) is 4.98 Å². The van der Waals surface area contributed by atoms with Crippen molar-refractivity contribution in [3.8, 4) is 0 Å². The van der Waals surface area contributed by atoms with Crippen molar-refractivity contribution in [3.05, 3.63) is 18.2 Å². The van der Waals surface area contributed by atoms with Crippen molar-refractivity contribution in [2.24, 2.45) is 0 Å². The Morgan fingerprint density at radius 1 is 1.62 bits per heavy atom. The molecule has 1 aromatic heterocycles. The van der Waals surface area contributed by atoms with Crippen molar-refractivity contribution in [1.29, 1.82) is 0 Å². The van der Waals surface area contributed by atoms with E-state index in [9.17, 15) is 0 Å². The highest BCUT2D eigenvalue weighted by Gasteiger charge is 1.99. The van der Waals surface area contributed by atoms with Crippen LogP contribution in [0.2, 0.25) is 0 Å². The number of nitrogens with zero attached hydrogens (tertiary/aromatic N) is 1. The Morgan fingerprint density at radius 2 is 2.38 bits per heavy atom. The summed E-state index contributed by atoms with van der Waals surface area (Å²) in [7, 11) is 1.68. The molecule has 4 nitrogen and oxygen atoms in total. The van der Waals surface area contributed by atoms with Gasteiger partial charge in [-0.15, -0.1) is 0 Å². The first-order valence-corrected chi connectivity index (χ1v) is 4.21. The average molecular weight is 181 g/mol. The van der Waals surface area contributed by atoms with E-state index in [1.54, 1.807) is 13.2 Å². The lowest BCUT2D eigenvalue weighted by Gasteiger charge is -2.10. The molecule has 1 aromatic rings. The number of rotatable bonds is 4. The second-order valence-corrected chi connectivity index (χ2v) is 2.87. The van der Waals surface area contributed by atoms with Gasteiger partial charge < -0.3 is 15.8 Å². The minimum absolute atomic E-state index is 0.170. The zero-order valence-electron chi connectivity index (χ0n) is 7.95. The number of hydrogen-bond acceptors (Lipinski definition) is 4. The molecular formula is C9H15N3O. The maximum atomic E-state index is 5.52. The SMILES string of the molecule is COC(C)CNc1cccc(N)n1. The number of ether oxygens (including phenoxy) is 1. The summed E-state index contributed by atoms with van der Waals surface area (Å²) in [6.45, 7) is 2.71. The van der Waals surface area contributed by atoms with Crippen LogP contribution in [0.25, 0.3) is 0 Å². The molecule has 0 aliphatic carbocycles. The first-order valence-electron chi connectivity index (χ1n) is 4.21. The predicted octanol–water partition coefficient (Wildman–Crippen LogP) is 1.11. The van der Waals surface area contributed by atoms with Gasteiger partial charge in [0, 0.05) is 13.7 Å². The van der Waals surface area contributed by atoms with Crippen LogP contribution in [0.15, 0.2) is 18.2 Å². The molecule has 3 N–H and O–H groups in total. The number of nitrogens with one attached hydrogen (secondary N) is 1. The van der Waals surface area contributed by atoms with Gasteiger partial charge >= 0.3 is 0 Å². The Kier molecular flexibility index (Phi) is 3.52. The van der Waals surface area contributed by atoms with Crippen LogP contribution in [0.4, 0.5) is 11.6 Å². The van der Waals surface area contributed by atoms with Crippen molar-refractivity contribution in [3.63, 3.8) is 0 Å². The molecule has 13 heavy (non-hydrogen) atoms. The molecule has 0 amide bonds. The van der Waals surface area contributed by atoms with Gasteiger partial charge in [-0.05, 0) is 19.1 Å². The van der Waals surface area contributed by atoms with Crippen LogP contribution < -0.4 is 11.1 Å². The van der Waals surface area contributed by atoms with E-state index in [2.05, 4.69) is 10.3 Å². The van der Waals surface area contributed by atoms with Crippen molar-refractivity contribution in [2.75, 3.05) is 24.7 Å². The lowest BCUT2D eigenvalue weighted by atomic mass is 10.4. The summed E-state index contributed by atoms with van der Waals surface area (Å²) >= 11 is 0. The Balaban J connectivity index is 2.45. The van der Waals surface area contributed by atoms with Crippen LogP contribution in [-0.2, 0) is 4.74 Å². The van der Waals surface area contributed by atoms with E-state index in [0.717, 1.165) is 12.4 Å². The molecule has 1 rings (SSSR count).